The number of anilines is 1. The molecule has 0 atom stereocenters. The van der Waals surface area contributed by atoms with Crippen LogP contribution in [0.4, 0.5) is 10.2 Å². The van der Waals surface area contributed by atoms with Gasteiger partial charge in [0.25, 0.3) is 0 Å². The lowest BCUT2D eigenvalue weighted by atomic mass is 10.1. The highest BCUT2D eigenvalue weighted by Crippen LogP contribution is 2.32. The third-order valence-corrected chi connectivity index (χ3v) is 5.89. The summed E-state index contributed by atoms with van der Waals surface area (Å²) in [6, 6.07) is 13.9. The molecule has 0 bridgehead atoms. The molecule has 0 aliphatic carbocycles. The van der Waals surface area contributed by atoms with Gasteiger partial charge in [0, 0.05) is 47.3 Å². The van der Waals surface area contributed by atoms with E-state index >= 15 is 0 Å². The van der Waals surface area contributed by atoms with Gasteiger partial charge in [-0.3, -0.25) is 9.89 Å². The number of halogens is 1. The fourth-order valence-electron chi connectivity index (χ4n) is 4.04. The Morgan fingerprint density at radius 1 is 0.972 bits per heavy atom. The molecule has 0 spiro atoms. The van der Waals surface area contributed by atoms with Crippen molar-refractivity contribution in [3.63, 3.8) is 0 Å². The smallest absolute Gasteiger partial charge is 0.225 e. The zero-order valence-electron chi connectivity index (χ0n) is 19.1. The molecule has 9 nitrogen and oxygen atoms in total. The van der Waals surface area contributed by atoms with E-state index in [2.05, 4.69) is 40.4 Å². The van der Waals surface area contributed by atoms with Crippen LogP contribution in [-0.2, 0) is 4.79 Å². The van der Waals surface area contributed by atoms with E-state index in [0.29, 0.717) is 51.7 Å². The first-order valence-electron chi connectivity index (χ1n) is 11.3. The van der Waals surface area contributed by atoms with E-state index < -0.39 is 0 Å². The lowest BCUT2D eigenvalue weighted by Gasteiger charge is -2.05. The molecule has 0 fully saturated rings. The zero-order valence-corrected chi connectivity index (χ0v) is 19.1. The molecule has 5 aromatic heterocycles. The molecule has 10 heteroatoms. The lowest BCUT2D eigenvalue weighted by molar-refractivity contribution is -0.115. The highest BCUT2D eigenvalue weighted by atomic mass is 19.1. The van der Waals surface area contributed by atoms with Crippen molar-refractivity contribution in [1.82, 2.24) is 35.1 Å². The predicted octanol–water partition coefficient (Wildman–Crippen LogP) is 5.11. The van der Waals surface area contributed by atoms with E-state index in [1.54, 1.807) is 55.8 Å². The van der Waals surface area contributed by atoms with Gasteiger partial charge in [-0.25, -0.2) is 24.3 Å². The van der Waals surface area contributed by atoms with Crippen LogP contribution in [0.2, 0.25) is 0 Å². The summed E-state index contributed by atoms with van der Waals surface area (Å²) in [5.74, 6) is 0.582. The van der Waals surface area contributed by atoms with Crippen LogP contribution < -0.4 is 5.32 Å². The van der Waals surface area contributed by atoms with Gasteiger partial charge in [-0.05, 0) is 30.3 Å². The first-order chi connectivity index (χ1) is 17.6. The maximum atomic E-state index is 14.5. The van der Waals surface area contributed by atoms with Crippen LogP contribution in [0, 0.1) is 5.82 Å². The Hall–Kier alpha value is -4.99. The van der Waals surface area contributed by atoms with Gasteiger partial charge in [-0.15, -0.1) is 0 Å². The van der Waals surface area contributed by atoms with Gasteiger partial charge in [0.2, 0.25) is 5.91 Å². The second-order valence-electron chi connectivity index (χ2n) is 8.15. The number of H-pyrrole nitrogens is 2. The number of fused-ring (bicyclic) bond motifs is 2. The van der Waals surface area contributed by atoms with Crippen LogP contribution in [0.5, 0.6) is 0 Å². The van der Waals surface area contributed by atoms with Crippen molar-refractivity contribution in [1.29, 1.82) is 0 Å². The molecule has 36 heavy (non-hydrogen) atoms. The summed E-state index contributed by atoms with van der Waals surface area (Å²) in [6.45, 7) is 1.78. The SMILES string of the molecule is CCC(=O)Nc1ccc(-c2cnc3n[nH]c(-c4nc5nccc(-c6ccccc6F)c5[nH]4)c3c2)cn1. The maximum Gasteiger partial charge on any atom is 0.225 e. The Balaban J connectivity index is 1.41. The Morgan fingerprint density at radius 3 is 2.64 bits per heavy atom. The number of nitrogens with zero attached hydrogens (tertiary/aromatic N) is 5. The molecule has 0 unspecified atom stereocenters. The Kier molecular flexibility index (Phi) is 5.18. The maximum absolute atomic E-state index is 14.5. The second kappa shape index (κ2) is 8.66. The number of hydrogen-bond acceptors (Lipinski definition) is 6. The number of aromatic amines is 2. The van der Waals surface area contributed by atoms with E-state index in [9.17, 15) is 9.18 Å². The first kappa shape index (κ1) is 21.5. The largest absolute Gasteiger partial charge is 0.335 e. The van der Waals surface area contributed by atoms with Crippen molar-refractivity contribution in [3.05, 3.63) is 72.9 Å². The van der Waals surface area contributed by atoms with Gasteiger partial charge >= 0.3 is 0 Å². The first-order valence-corrected chi connectivity index (χ1v) is 11.3. The van der Waals surface area contributed by atoms with Gasteiger partial charge in [-0.1, -0.05) is 25.1 Å². The molecule has 1 amide bonds. The van der Waals surface area contributed by atoms with Crippen molar-refractivity contribution in [2.24, 2.45) is 0 Å². The van der Waals surface area contributed by atoms with Crippen LogP contribution in [0.15, 0.2) is 67.1 Å². The van der Waals surface area contributed by atoms with Crippen LogP contribution in [0.25, 0.3) is 56.0 Å². The number of pyridine rings is 3. The highest BCUT2D eigenvalue weighted by molar-refractivity contribution is 5.96. The average Bonchev–Trinajstić information content (AvgIpc) is 3.53. The lowest BCUT2D eigenvalue weighted by Crippen LogP contribution is -2.10. The standard InChI is InChI=1S/C26H19FN8O/c1-2-21(36)31-20-8-7-14(12-29-20)15-11-18-23(34-35-24(18)30-13-15)26-32-22-17(9-10-28-25(22)33-26)16-5-3-4-6-19(16)27/h3-13H,2H2,1H3,(H,28,32,33)(H,29,31,36)(H,30,34,35). The van der Waals surface area contributed by atoms with E-state index in [1.165, 1.54) is 6.07 Å². The molecule has 6 aromatic rings. The van der Waals surface area contributed by atoms with Crippen molar-refractivity contribution >= 4 is 33.9 Å². The number of rotatable bonds is 5. The summed E-state index contributed by atoms with van der Waals surface area (Å²) in [4.78, 5) is 32.7. The summed E-state index contributed by atoms with van der Waals surface area (Å²) < 4.78 is 14.5. The number of carbonyl (C=O) groups is 1. The number of carbonyl (C=O) groups excluding carboxylic acids is 1. The number of aromatic nitrogens is 7. The highest BCUT2D eigenvalue weighted by Gasteiger charge is 2.17. The fourth-order valence-corrected chi connectivity index (χ4v) is 4.04. The topological polar surface area (TPSA) is 125 Å². The van der Waals surface area contributed by atoms with Gasteiger partial charge in [0.1, 0.15) is 17.3 Å². The Bertz CT molecular complexity index is 1740. The van der Waals surface area contributed by atoms with Crippen molar-refractivity contribution in [3.8, 4) is 33.8 Å². The average molecular weight is 478 g/mol. The van der Waals surface area contributed by atoms with Gasteiger partial charge in [-0.2, -0.15) is 5.10 Å². The van der Waals surface area contributed by atoms with Crippen LogP contribution in [-0.4, -0.2) is 41.0 Å². The van der Waals surface area contributed by atoms with E-state index in [1.807, 2.05) is 12.1 Å². The van der Waals surface area contributed by atoms with Crippen LogP contribution >= 0.6 is 0 Å². The molecule has 5 heterocycles. The third-order valence-electron chi connectivity index (χ3n) is 5.89. The number of nitrogens with one attached hydrogen (secondary N) is 3. The minimum Gasteiger partial charge on any atom is -0.335 e. The molecule has 0 aliphatic heterocycles. The van der Waals surface area contributed by atoms with Crippen molar-refractivity contribution < 1.29 is 9.18 Å². The number of hydrogen-bond donors (Lipinski definition) is 3. The summed E-state index contributed by atoms with van der Waals surface area (Å²) in [6.07, 6.45) is 5.38. The quantitative estimate of drug-likeness (QED) is 0.316. The molecule has 0 radical (unpaired) electrons. The summed E-state index contributed by atoms with van der Waals surface area (Å²) in [5.41, 5.74) is 5.04. The van der Waals surface area contributed by atoms with Crippen LogP contribution in [0.3, 0.4) is 0 Å². The number of imidazole rings is 1. The minimum absolute atomic E-state index is 0.0974. The van der Waals surface area contributed by atoms with Crippen molar-refractivity contribution in [2.45, 2.75) is 13.3 Å². The molecule has 0 saturated heterocycles. The summed E-state index contributed by atoms with van der Waals surface area (Å²) >= 11 is 0. The molecular formula is C26H19FN8O. The van der Waals surface area contributed by atoms with Crippen molar-refractivity contribution in [2.75, 3.05) is 5.32 Å². The fraction of sp³-hybridized carbons (Fsp3) is 0.0769. The molecule has 176 valence electrons. The zero-order chi connectivity index (χ0) is 24.6. The molecule has 6 rings (SSSR count). The van der Waals surface area contributed by atoms with Gasteiger partial charge < -0.3 is 10.3 Å². The Morgan fingerprint density at radius 2 is 1.83 bits per heavy atom. The summed E-state index contributed by atoms with van der Waals surface area (Å²) in [5, 5.41) is 10.8. The molecule has 1 aromatic carbocycles. The van der Waals surface area contributed by atoms with Crippen LogP contribution in [0.1, 0.15) is 13.3 Å². The summed E-state index contributed by atoms with van der Waals surface area (Å²) in [7, 11) is 0. The van der Waals surface area contributed by atoms with E-state index in [0.717, 1.165) is 16.5 Å². The van der Waals surface area contributed by atoms with E-state index in [-0.39, 0.29) is 11.7 Å². The third kappa shape index (κ3) is 3.74. The molecule has 0 aliphatic rings. The monoisotopic (exact) mass is 478 g/mol. The van der Waals surface area contributed by atoms with Gasteiger partial charge in [0.05, 0.1) is 10.9 Å². The normalized spacial score (nSPS) is 11.3. The van der Waals surface area contributed by atoms with E-state index in [4.69, 9.17) is 0 Å². The second-order valence-corrected chi connectivity index (χ2v) is 8.15. The molecule has 0 saturated carbocycles. The minimum atomic E-state index is -0.323. The number of amides is 1. The molecular weight excluding hydrogens is 459 g/mol. The Labute approximate surface area is 203 Å². The van der Waals surface area contributed by atoms with Gasteiger partial charge in [0.15, 0.2) is 17.1 Å². The predicted molar refractivity (Wildman–Crippen MR) is 134 cm³/mol. The molecule has 3 N–H and O–H groups in total. The number of benzene rings is 1.